The number of benzene rings is 1. The summed E-state index contributed by atoms with van der Waals surface area (Å²) >= 11 is 0. The second-order valence-electron chi connectivity index (χ2n) is 4.30. The maximum atomic E-state index is 12.8. The molecule has 0 fully saturated rings. The molecule has 0 aliphatic rings. The van der Waals surface area contributed by atoms with Crippen LogP contribution in [0.2, 0.25) is 0 Å². The summed E-state index contributed by atoms with van der Waals surface area (Å²) in [6.07, 6.45) is -5.28. The highest BCUT2D eigenvalue weighted by molar-refractivity contribution is 7.89. The van der Waals surface area contributed by atoms with Gasteiger partial charge in [0.15, 0.2) is 0 Å². The number of halogens is 3. The topological polar surface area (TPSA) is 83.5 Å². The Kier molecular flexibility index (Phi) is 4.16. The quantitative estimate of drug-likeness (QED) is 0.886. The highest BCUT2D eigenvalue weighted by atomic mass is 32.2. The zero-order chi connectivity index (χ0) is 15.8. The van der Waals surface area contributed by atoms with Gasteiger partial charge in [-0.1, -0.05) is 18.2 Å². The predicted octanol–water partition coefficient (Wildman–Crippen LogP) is 1.68. The van der Waals surface area contributed by atoms with Crippen molar-refractivity contribution < 1.29 is 31.5 Å². The van der Waals surface area contributed by atoms with Crippen molar-refractivity contribution in [2.24, 2.45) is 0 Å². The molecule has 0 aliphatic carbocycles. The molecule has 5 nitrogen and oxygen atoms in total. The molecule has 0 saturated heterocycles. The van der Waals surface area contributed by atoms with Gasteiger partial charge >= 0.3 is 12.1 Å². The Morgan fingerprint density at radius 2 is 1.75 bits per heavy atom. The molecule has 1 atom stereocenters. The fourth-order valence-corrected chi connectivity index (χ4v) is 3.00. The highest BCUT2D eigenvalue weighted by Crippen LogP contribution is 2.32. The van der Waals surface area contributed by atoms with Crippen LogP contribution in [0.5, 0.6) is 0 Å². The smallest absolute Gasteiger partial charge is 0.418 e. The Balaban J connectivity index is 3.32. The number of hydrogen-bond donors (Lipinski definition) is 2. The Labute approximate surface area is 113 Å². The molecule has 1 aromatic carbocycles. The van der Waals surface area contributed by atoms with E-state index in [1.54, 1.807) is 0 Å². The zero-order valence-corrected chi connectivity index (χ0v) is 11.3. The number of hydrogen-bond acceptors (Lipinski definition) is 3. The van der Waals surface area contributed by atoms with Crippen LogP contribution in [0.25, 0.3) is 0 Å². The Morgan fingerprint density at radius 1 is 1.25 bits per heavy atom. The predicted molar refractivity (Wildman–Crippen MR) is 63.6 cm³/mol. The number of aliphatic carboxylic acids is 1. The van der Waals surface area contributed by atoms with Gasteiger partial charge in [-0.2, -0.15) is 17.9 Å². The Hall–Kier alpha value is -1.61. The van der Waals surface area contributed by atoms with Gasteiger partial charge in [0.25, 0.3) is 0 Å². The van der Waals surface area contributed by atoms with Crippen LogP contribution in [0, 0.1) is 6.92 Å². The molecule has 0 saturated carbocycles. The molecule has 0 bridgehead atoms. The molecular weight excluding hydrogens is 299 g/mol. The van der Waals surface area contributed by atoms with Gasteiger partial charge < -0.3 is 5.11 Å². The lowest BCUT2D eigenvalue weighted by Gasteiger charge is -2.28. The number of sulfonamides is 1. The number of nitrogens with one attached hydrogen (secondary N) is 1. The Morgan fingerprint density at radius 3 is 2.15 bits per heavy atom. The van der Waals surface area contributed by atoms with Crippen LogP contribution in [-0.2, 0) is 14.8 Å². The third-order valence-corrected chi connectivity index (χ3v) is 4.43. The van der Waals surface area contributed by atoms with E-state index in [1.807, 2.05) is 0 Å². The molecule has 0 aliphatic heterocycles. The number of rotatable bonds is 4. The van der Waals surface area contributed by atoms with Crippen molar-refractivity contribution >= 4 is 16.0 Å². The third-order valence-electron chi connectivity index (χ3n) is 2.72. The minimum absolute atomic E-state index is 0.204. The summed E-state index contributed by atoms with van der Waals surface area (Å²) in [5, 5.41) is 8.70. The van der Waals surface area contributed by atoms with Crippen molar-refractivity contribution in [2.45, 2.75) is 30.5 Å². The van der Waals surface area contributed by atoms with E-state index >= 15 is 0 Å². The average Bonchev–Trinajstić information content (AvgIpc) is 2.26. The van der Waals surface area contributed by atoms with Crippen molar-refractivity contribution in [1.82, 2.24) is 4.72 Å². The lowest BCUT2D eigenvalue weighted by Crippen LogP contribution is -2.61. The lowest BCUT2D eigenvalue weighted by molar-refractivity contribution is -0.201. The third kappa shape index (κ3) is 2.93. The summed E-state index contributed by atoms with van der Waals surface area (Å²) in [4.78, 5) is 10.4. The van der Waals surface area contributed by atoms with Crippen LogP contribution in [0.15, 0.2) is 29.2 Å². The van der Waals surface area contributed by atoms with Crippen LogP contribution in [0.3, 0.4) is 0 Å². The minimum Gasteiger partial charge on any atom is -0.480 e. The SMILES string of the molecule is Cc1ccccc1S(=O)(=O)NC(C)(C(=O)O)C(F)(F)F. The van der Waals surface area contributed by atoms with E-state index in [0.717, 1.165) is 6.07 Å². The van der Waals surface area contributed by atoms with Crippen molar-refractivity contribution in [3.8, 4) is 0 Å². The lowest BCUT2D eigenvalue weighted by atomic mass is 10.0. The summed E-state index contributed by atoms with van der Waals surface area (Å²) in [7, 11) is -4.63. The van der Waals surface area contributed by atoms with E-state index in [0.29, 0.717) is 0 Å². The average molecular weight is 311 g/mol. The molecule has 0 spiro atoms. The molecule has 1 unspecified atom stereocenters. The molecule has 0 aromatic heterocycles. The van der Waals surface area contributed by atoms with Gasteiger partial charge in [0, 0.05) is 0 Å². The molecule has 1 aromatic rings. The summed E-state index contributed by atoms with van der Waals surface area (Å²) < 4.78 is 63.5. The molecular formula is C11H12F3NO4S. The summed E-state index contributed by atoms with van der Waals surface area (Å²) in [5.41, 5.74) is -3.40. The summed E-state index contributed by atoms with van der Waals surface area (Å²) in [6.45, 7) is 1.64. The minimum atomic E-state index is -5.28. The molecule has 0 heterocycles. The standard InChI is InChI=1S/C11H12F3NO4S/c1-7-5-3-4-6-8(7)20(18,19)15-10(2,9(16)17)11(12,13)14/h3-6,15H,1-2H3,(H,16,17). The van der Waals surface area contributed by atoms with Crippen LogP contribution in [0.1, 0.15) is 12.5 Å². The first kappa shape index (κ1) is 16.4. The zero-order valence-electron chi connectivity index (χ0n) is 10.5. The van der Waals surface area contributed by atoms with Crippen molar-refractivity contribution in [1.29, 1.82) is 0 Å². The number of carboxylic acid groups (broad SMARTS) is 1. The van der Waals surface area contributed by atoms with Gasteiger partial charge in [-0.05, 0) is 25.5 Å². The number of carboxylic acids is 1. The van der Waals surface area contributed by atoms with Crippen molar-refractivity contribution in [2.75, 3.05) is 0 Å². The molecule has 0 amide bonds. The fraction of sp³-hybridized carbons (Fsp3) is 0.364. The van der Waals surface area contributed by atoms with Crippen LogP contribution in [0.4, 0.5) is 13.2 Å². The second kappa shape index (κ2) is 5.06. The first-order valence-electron chi connectivity index (χ1n) is 5.31. The maximum absolute atomic E-state index is 12.8. The molecule has 112 valence electrons. The van der Waals surface area contributed by atoms with Crippen molar-refractivity contribution in [3.05, 3.63) is 29.8 Å². The van der Waals surface area contributed by atoms with E-state index in [1.165, 1.54) is 29.8 Å². The van der Waals surface area contributed by atoms with E-state index in [4.69, 9.17) is 5.11 Å². The number of carbonyl (C=O) groups is 1. The number of aryl methyl sites for hydroxylation is 1. The van der Waals surface area contributed by atoms with Gasteiger partial charge in [-0.15, -0.1) is 0 Å². The molecule has 2 N–H and O–H groups in total. The normalized spacial score (nSPS) is 15.7. The van der Waals surface area contributed by atoms with E-state index in [-0.39, 0.29) is 12.5 Å². The molecule has 20 heavy (non-hydrogen) atoms. The van der Waals surface area contributed by atoms with E-state index in [2.05, 4.69) is 0 Å². The van der Waals surface area contributed by atoms with Gasteiger partial charge in [0.2, 0.25) is 15.6 Å². The number of alkyl halides is 3. The first-order valence-corrected chi connectivity index (χ1v) is 6.80. The molecule has 0 radical (unpaired) electrons. The maximum Gasteiger partial charge on any atom is 0.418 e. The fourth-order valence-electron chi connectivity index (χ4n) is 1.40. The van der Waals surface area contributed by atoms with Crippen molar-refractivity contribution in [3.63, 3.8) is 0 Å². The van der Waals surface area contributed by atoms with Gasteiger partial charge in [-0.25, -0.2) is 13.2 Å². The summed E-state index contributed by atoms with van der Waals surface area (Å²) in [6, 6.07) is 5.32. The second-order valence-corrected chi connectivity index (χ2v) is 5.95. The Bertz CT molecular complexity index is 627. The molecule has 1 rings (SSSR count). The van der Waals surface area contributed by atoms with Gasteiger partial charge in [0.1, 0.15) is 0 Å². The molecule has 9 heteroatoms. The van der Waals surface area contributed by atoms with Gasteiger partial charge in [0.05, 0.1) is 4.90 Å². The first-order chi connectivity index (χ1) is 8.92. The monoisotopic (exact) mass is 311 g/mol. The van der Waals surface area contributed by atoms with E-state index < -0.39 is 32.6 Å². The van der Waals surface area contributed by atoms with Crippen LogP contribution in [-0.4, -0.2) is 31.2 Å². The van der Waals surface area contributed by atoms with Gasteiger partial charge in [-0.3, -0.25) is 0 Å². The van der Waals surface area contributed by atoms with Crippen LogP contribution >= 0.6 is 0 Å². The van der Waals surface area contributed by atoms with E-state index in [9.17, 15) is 26.4 Å². The largest absolute Gasteiger partial charge is 0.480 e. The summed E-state index contributed by atoms with van der Waals surface area (Å²) in [5.74, 6) is -2.33. The highest BCUT2D eigenvalue weighted by Gasteiger charge is 2.59. The van der Waals surface area contributed by atoms with Crippen LogP contribution < -0.4 is 4.72 Å².